The summed E-state index contributed by atoms with van der Waals surface area (Å²) >= 11 is 0.0556. The summed E-state index contributed by atoms with van der Waals surface area (Å²) in [5.74, 6) is 0. The van der Waals surface area contributed by atoms with Gasteiger partial charge in [-0.05, 0) is 0 Å². The van der Waals surface area contributed by atoms with Crippen LogP contribution in [0.15, 0.2) is 0 Å². The van der Waals surface area contributed by atoms with Gasteiger partial charge < -0.3 is 0 Å². The summed E-state index contributed by atoms with van der Waals surface area (Å²) in [5, 5.41) is 0. The fourth-order valence-corrected chi connectivity index (χ4v) is 0. The van der Waals surface area contributed by atoms with Crippen LogP contribution >= 0.6 is 0 Å². The summed E-state index contributed by atoms with van der Waals surface area (Å²) in [4.78, 5) is 0. The average molecular weight is 408 g/mol. The second-order valence-electron chi connectivity index (χ2n) is 0. The summed E-state index contributed by atoms with van der Waals surface area (Å²) in [7, 11) is 0. The SMILES string of the molecule is [Cd].[GaH3].[O]=[Pb]. The Balaban J connectivity index is -0.00000000500. The van der Waals surface area contributed by atoms with Gasteiger partial charge in [0, 0.05) is 27.3 Å². The molecule has 4 heavy (non-hydrogen) atoms. The Morgan fingerprint density at radius 3 is 1.25 bits per heavy atom. The molecule has 0 rings (SSSR count). The molecule has 4 heteroatoms. The van der Waals surface area contributed by atoms with E-state index >= 15 is 0 Å². The van der Waals surface area contributed by atoms with Gasteiger partial charge in [0.2, 0.25) is 0 Å². The van der Waals surface area contributed by atoms with Crippen LogP contribution in [0.1, 0.15) is 0 Å². The molecule has 0 fully saturated rings. The van der Waals surface area contributed by atoms with Crippen LogP contribution in [0.5, 0.6) is 0 Å². The van der Waals surface area contributed by atoms with Crippen molar-refractivity contribution >= 4 is 45.6 Å². The molecule has 2 radical (unpaired) electrons. The molecule has 0 heterocycles. The van der Waals surface area contributed by atoms with Gasteiger partial charge in [-0.15, -0.1) is 0 Å². The molecule has 0 aliphatic heterocycles. The molecule has 0 unspecified atom stereocenters. The fraction of sp³-hybridized carbons (Fsp3) is 0. The Morgan fingerprint density at radius 2 is 1.25 bits per heavy atom. The van der Waals surface area contributed by atoms with Crippen molar-refractivity contribution in [2.75, 3.05) is 0 Å². The van der Waals surface area contributed by atoms with E-state index in [0.29, 0.717) is 0 Å². The van der Waals surface area contributed by atoms with Gasteiger partial charge in [0.05, 0.1) is 0 Å². The zero-order valence-corrected chi connectivity index (χ0v) is 9.54. The topological polar surface area (TPSA) is 17.1 Å². The minimum absolute atomic E-state index is 0. The number of rotatable bonds is 0. The Labute approximate surface area is 74.3 Å². The van der Waals surface area contributed by atoms with Crippen LogP contribution in [-0.2, 0) is 30.0 Å². The molecular weight excluding hydrogens is 405 g/mol. The summed E-state index contributed by atoms with van der Waals surface area (Å²) < 4.78 is 8.39. The van der Waals surface area contributed by atoms with Gasteiger partial charge in [0.15, 0.2) is 0 Å². The third kappa shape index (κ3) is 8.86. The van der Waals surface area contributed by atoms with E-state index in [1.54, 1.807) is 0 Å². The second kappa shape index (κ2) is 18.6. The van der Waals surface area contributed by atoms with E-state index < -0.39 is 0 Å². The summed E-state index contributed by atoms with van der Waals surface area (Å²) in [5.41, 5.74) is 0. The third-order valence-electron chi connectivity index (χ3n) is 0. The molecule has 0 aliphatic carbocycles. The zero-order valence-electron chi connectivity index (χ0n) is 1.62. The maximum atomic E-state index is 8.39. The first-order valence-electron chi connectivity index (χ1n) is 0.204. The van der Waals surface area contributed by atoms with E-state index in [2.05, 4.69) is 0 Å². The van der Waals surface area contributed by atoms with E-state index in [4.69, 9.17) is 2.69 Å². The Kier molecular flexibility index (Phi) is 75.7. The molecule has 0 atom stereocenters. The molecule has 1 nitrogen and oxygen atoms in total. The maximum absolute atomic E-state index is 8.39. The van der Waals surface area contributed by atoms with E-state index in [-0.39, 0.29) is 72.9 Å². The molecule has 0 aliphatic rings. The van der Waals surface area contributed by atoms with Crippen LogP contribution in [-0.4, -0.2) is 45.6 Å². The first-order chi connectivity index (χ1) is 1.00. The molecule has 0 aromatic heterocycles. The standard InChI is InChI=1S/Cd.Ga.O.Pb.3H. The van der Waals surface area contributed by atoms with Crippen LogP contribution in [0.25, 0.3) is 0 Å². The van der Waals surface area contributed by atoms with Crippen LogP contribution in [0.4, 0.5) is 0 Å². The predicted octanol–water partition coefficient (Wildman–Crippen LogP) is -1.69. The average Bonchev–Trinajstić information content (AvgIpc) is 1.00. The van der Waals surface area contributed by atoms with Crippen molar-refractivity contribution in [2.24, 2.45) is 0 Å². The molecule has 18 valence electrons. The Hall–Kier alpha value is 2.28. The van der Waals surface area contributed by atoms with Crippen molar-refractivity contribution in [2.45, 2.75) is 0 Å². The van der Waals surface area contributed by atoms with Crippen LogP contribution in [0.2, 0.25) is 0 Å². The molecule has 0 aromatic rings. The molecule has 0 amide bonds. The van der Waals surface area contributed by atoms with Gasteiger partial charge in [-0.25, -0.2) is 0 Å². The van der Waals surface area contributed by atoms with E-state index in [1.165, 1.54) is 0 Å². The second-order valence-corrected chi connectivity index (χ2v) is 0. The van der Waals surface area contributed by atoms with Crippen molar-refractivity contribution in [3.63, 3.8) is 0 Å². The molecular formula is H3CdGaOPb. The molecule has 0 aromatic carbocycles. The summed E-state index contributed by atoms with van der Waals surface area (Å²) in [6.45, 7) is 0. The summed E-state index contributed by atoms with van der Waals surface area (Å²) in [6, 6.07) is 0. The van der Waals surface area contributed by atoms with Crippen LogP contribution in [0.3, 0.4) is 0 Å². The number of hydrogen-bond donors (Lipinski definition) is 0. The molecule has 0 N–H and O–H groups in total. The monoisotopic (exact) mass is 410 g/mol. The van der Waals surface area contributed by atoms with Gasteiger partial charge in [0.25, 0.3) is 0 Å². The van der Waals surface area contributed by atoms with E-state index in [1.807, 2.05) is 0 Å². The normalized spacial score (nSPS) is 1.00. The minimum atomic E-state index is 0. The van der Waals surface area contributed by atoms with Crippen LogP contribution in [0, 0.1) is 0 Å². The van der Waals surface area contributed by atoms with Crippen molar-refractivity contribution in [1.82, 2.24) is 0 Å². The Bertz CT molecular complexity index is 8.00. The van der Waals surface area contributed by atoms with Crippen molar-refractivity contribution in [1.29, 1.82) is 0 Å². The molecule has 0 bridgehead atoms. The molecule has 0 spiro atoms. The molecule has 0 saturated heterocycles. The van der Waals surface area contributed by atoms with Crippen molar-refractivity contribution in [3.8, 4) is 0 Å². The van der Waals surface area contributed by atoms with Crippen molar-refractivity contribution in [3.05, 3.63) is 0 Å². The predicted molar refractivity (Wildman–Crippen MR) is 16.4 cm³/mol. The zero-order chi connectivity index (χ0) is 2.00. The van der Waals surface area contributed by atoms with Gasteiger partial charge in [-0.1, -0.05) is 0 Å². The first kappa shape index (κ1) is 16.3. The summed E-state index contributed by atoms with van der Waals surface area (Å²) in [6.07, 6.45) is 0. The van der Waals surface area contributed by atoms with Crippen molar-refractivity contribution < 1.29 is 30.0 Å². The van der Waals surface area contributed by atoms with Gasteiger partial charge in [-0.2, -0.15) is 0 Å². The third-order valence-corrected chi connectivity index (χ3v) is 0. The van der Waals surface area contributed by atoms with Gasteiger partial charge in [-0.3, -0.25) is 0 Å². The number of hydrogen-bond acceptors (Lipinski definition) is 1. The Morgan fingerprint density at radius 1 is 1.25 bits per heavy atom. The van der Waals surface area contributed by atoms with E-state index in [9.17, 15) is 0 Å². The quantitative estimate of drug-likeness (QED) is 0.438. The van der Waals surface area contributed by atoms with Gasteiger partial charge in [0.1, 0.15) is 0 Å². The van der Waals surface area contributed by atoms with Crippen LogP contribution < -0.4 is 0 Å². The van der Waals surface area contributed by atoms with Gasteiger partial charge >= 0.3 is 48.3 Å². The van der Waals surface area contributed by atoms with E-state index in [0.717, 1.165) is 0 Å². The fourth-order valence-electron chi connectivity index (χ4n) is 0. The first-order valence-corrected chi connectivity index (χ1v) is 1.79. The molecule has 0 saturated carbocycles.